The van der Waals surface area contributed by atoms with E-state index in [0.29, 0.717) is 23.9 Å². The van der Waals surface area contributed by atoms with Crippen molar-refractivity contribution in [3.05, 3.63) is 53.6 Å². The third-order valence-corrected chi connectivity index (χ3v) is 6.05. The Balaban J connectivity index is 2.09. The number of benzene rings is 2. The van der Waals surface area contributed by atoms with Crippen LogP contribution in [0.5, 0.6) is 5.75 Å². The molecule has 4 nitrogen and oxygen atoms in total. The molecule has 0 aliphatic carbocycles. The van der Waals surface area contributed by atoms with Gasteiger partial charge in [-0.3, -0.25) is 0 Å². The zero-order valence-electron chi connectivity index (χ0n) is 15.1. The van der Waals surface area contributed by atoms with Crippen LogP contribution < -0.4 is 4.74 Å². The van der Waals surface area contributed by atoms with Gasteiger partial charge in [0.05, 0.1) is 11.5 Å². The Kier molecular flexibility index (Phi) is 4.64. The molecule has 1 aliphatic heterocycles. The standard InChI is InChI=1S/C20H24O4S/c1-14-9-10-19(17(11-14)24-13-15-12-23-15)25(21,22)18-8-6-5-7-16(18)20(2,3)4/h5-11,15H,12-13H2,1-4H3. The number of aryl methyl sites for hydroxylation is 1. The third kappa shape index (κ3) is 3.88. The minimum absolute atomic E-state index is 0.0675. The molecule has 0 bridgehead atoms. The molecule has 134 valence electrons. The van der Waals surface area contributed by atoms with Crippen LogP contribution in [0, 0.1) is 6.92 Å². The van der Waals surface area contributed by atoms with Gasteiger partial charge in [-0.25, -0.2) is 8.42 Å². The zero-order chi connectivity index (χ0) is 18.2. The van der Waals surface area contributed by atoms with Crippen LogP contribution in [0.15, 0.2) is 52.3 Å². The van der Waals surface area contributed by atoms with E-state index in [1.807, 2.05) is 39.8 Å². The lowest BCUT2D eigenvalue weighted by Crippen LogP contribution is -2.17. The molecule has 2 aromatic carbocycles. The van der Waals surface area contributed by atoms with Crippen LogP contribution >= 0.6 is 0 Å². The Bertz CT molecular complexity index is 875. The summed E-state index contributed by atoms with van der Waals surface area (Å²) < 4.78 is 37.7. The molecule has 1 unspecified atom stereocenters. The number of hydrogen-bond acceptors (Lipinski definition) is 4. The maximum absolute atomic E-state index is 13.4. The van der Waals surface area contributed by atoms with Crippen LogP contribution in [0.25, 0.3) is 0 Å². The Morgan fingerprint density at radius 3 is 2.44 bits per heavy atom. The number of hydrogen-bond donors (Lipinski definition) is 0. The largest absolute Gasteiger partial charge is 0.489 e. The molecule has 1 aliphatic rings. The van der Waals surface area contributed by atoms with Crippen LogP contribution in [0.1, 0.15) is 31.9 Å². The molecule has 1 saturated heterocycles. The van der Waals surface area contributed by atoms with Gasteiger partial charge in [0.2, 0.25) is 9.84 Å². The predicted octanol–water partition coefficient (Wildman–Crippen LogP) is 3.90. The summed E-state index contributed by atoms with van der Waals surface area (Å²) in [7, 11) is -3.69. The lowest BCUT2D eigenvalue weighted by atomic mass is 9.87. The quantitative estimate of drug-likeness (QED) is 0.759. The second-order valence-corrected chi connectivity index (χ2v) is 9.35. The van der Waals surface area contributed by atoms with E-state index >= 15 is 0 Å². The van der Waals surface area contributed by atoms with Gasteiger partial charge in [-0.1, -0.05) is 45.0 Å². The number of ether oxygens (including phenoxy) is 2. The summed E-state index contributed by atoms with van der Waals surface area (Å²) in [5.41, 5.74) is 1.47. The summed E-state index contributed by atoms with van der Waals surface area (Å²) in [4.78, 5) is 0.536. The molecule has 0 amide bonds. The molecule has 0 radical (unpaired) electrons. The van der Waals surface area contributed by atoms with Crippen molar-refractivity contribution in [3.63, 3.8) is 0 Å². The van der Waals surface area contributed by atoms with E-state index in [2.05, 4.69) is 0 Å². The molecule has 3 rings (SSSR count). The van der Waals surface area contributed by atoms with Gasteiger partial charge in [-0.05, 0) is 41.7 Å². The normalized spacial score (nSPS) is 17.4. The average Bonchev–Trinajstić information content (AvgIpc) is 3.36. The minimum atomic E-state index is -3.69. The molecule has 0 saturated carbocycles. The van der Waals surface area contributed by atoms with E-state index in [1.165, 1.54) is 0 Å². The molecule has 5 heteroatoms. The fraction of sp³-hybridized carbons (Fsp3) is 0.400. The van der Waals surface area contributed by atoms with Crippen molar-refractivity contribution in [2.45, 2.75) is 49.0 Å². The monoisotopic (exact) mass is 360 g/mol. The summed E-state index contributed by atoms with van der Waals surface area (Å²) in [6.07, 6.45) is 0.0675. The molecule has 0 N–H and O–H groups in total. The fourth-order valence-electron chi connectivity index (χ4n) is 2.74. The van der Waals surface area contributed by atoms with E-state index in [9.17, 15) is 8.42 Å². The maximum Gasteiger partial charge on any atom is 0.210 e. The summed E-state index contributed by atoms with van der Waals surface area (Å²) in [6.45, 7) is 8.99. The summed E-state index contributed by atoms with van der Waals surface area (Å²) in [6, 6.07) is 12.4. The lowest BCUT2D eigenvalue weighted by molar-refractivity contribution is 0.258. The van der Waals surface area contributed by atoms with Gasteiger partial charge in [0.1, 0.15) is 23.4 Å². The van der Waals surface area contributed by atoms with E-state index in [0.717, 1.165) is 11.1 Å². The fourth-order valence-corrected chi connectivity index (χ4v) is 4.52. The van der Waals surface area contributed by atoms with Crippen molar-refractivity contribution in [2.24, 2.45) is 0 Å². The van der Waals surface area contributed by atoms with Crippen LogP contribution in [0.3, 0.4) is 0 Å². The average molecular weight is 360 g/mol. The molecule has 1 heterocycles. The highest BCUT2D eigenvalue weighted by Crippen LogP contribution is 2.36. The maximum atomic E-state index is 13.4. The topological polar surface area (TPSA) is 55.9 Å². The summed E-state index contributed by atoms with van der Waals surface area (Å²) in [5.74, 6) is 0.388. The van der Waals surface area contributed by atoms with Gasteiger partial charge in [-0.15, -0.1) is 0 Å². The van der Waals surface area contributed by atoms with Gasteiger partial charge in [0.25, 0.3) is 0 Å². The van der Waals surface area contributed by atoms with Crippen molar-refractivity contribution in [2.75, 3.05) is 13.2 Å². The number of sulfone groups is 1. The second-order valence-electron chi connectivity index (χ2n) is 7.47. The van der Waals surface area contributed by atoms with Gasteiger partial charge >= 0.3 is 0 Å². The number of rotatable bonds is 5. The van der Waals surface area contributed by atoms with E-state index < -0.39 is 9.84 Å². The third-order valence-electron chi connectivity index (χ3n) is 4.20. The highest BCUT2D eigenvalue weighted by atomic mass is 32.2. The second kappa shape index (κ2) is 6.46. The van der Waals surface area contributed by atoms with Crippen LogP contribution in [0.4, 0.5) is 0 Å². The van der Waals surface area contributed by atoms with Gasteiger partial charge < -0.3 is 9.47 Å². The Morgan fingerprint density at radius 1 is 1.12 bits per heavy atom. The van der Waals surface area contributed by atoms with Crippen molar-refractivity contribution >= 4 is 9.84 Å². The van der Waals surface area contributed by atoms with Gasteiger partial charge in [-0.2, -0.15) is 0 Å². The molecule has 1 fully saturated rings. The Labute approximate surface area is 149 Å². The van der Waals surface area contributed by atoms with Crippen molar-refractivity contribution in [3.8, 4) is 5.75 Å². The SMILES string of the molecule is Cc1ccc(S(=O)(=O)c2ccccc2C(C)(C)C)c(OCC2CO2)c1. The van der Waals surface area contributed by atoms with Crippen LogP contribution in [-0.2, 0) is 20.0 Å². The Hall–Kier alpha value is -1.85. The first kappa shape index (κ1) is 18.0. The molecule has 2 aromatic rings. The van der Waals surface area contributed by atoms with Crippen molar-refractivity contribution in [1.82, 2.24) is 0 Å². The lowest BCUT2D eigenvalue weighted by Gasteiger charge is -2.23. The molecule has 1 atom stereocenters. The van der Waals surface area contributed by atoms with Crippen LogP contribution in [-0.4, -0.2) is 27.7 Å². The minimum Gasteiger partial charge on any atom is -0.489 e. The number of epoxide rings is 1. The first-order valence-corrected chi connectivity index (χ1v) is 9.87. The van der Waals surface area contributed by atoms with Crippen molar-refractivity contribution in [1.29, 1.82) is 0 Å². The van der Waals surface area contributed by atoms with Gasteiger partial charge in [0, 0.05) is 0 Å². The highest BCUT2D eigenvalue weighted by Gasteiger charge is 2.30. The summed E-state index contributed by atoms with van der Waals surface area (Å²) >= 11 is 0. The molecule has 0 aromatic heterocycles. The van der Waals surface area contributed by atoms with E-state index in [-0.39, 0.29) is 16.4 Å². The smallest absolute Gasteiger partial charge is 0.210 e. The molecular formula is C20H24O4S. The highest BCUT2D eigenvalue weighted by molar-refractivity contribution is 7.91. The van der Waals surface area contributed by atoms with E-state index in [1.54, 1.807) is 30.3 Å². The van der Waals surface area contributed by atoms with Gasteiger partial charge in [0.15, 0.2) is 0 Å². The van der Waals surface area contributed by atoms with Crippen LogP contribution in [0.2, 0.25) is 0 Å². The van der Waals surface area contributed by atoms with E-state index in [4.69, 9.17) is 9.47 Å². The predicted molar refractivity (Wildman–Crippen MR) is 97.0 cm³/mol. The molecule has 0 spiro atoms. The Morgan fingerprint density at radius 2 is 1.80 bits per heavy atom. The first-order valence-electron chi connectivity index (χ1n) is 8.39. The molecule has 25 heavy (non-hydrogen) atoms. The first-order chi connectivity index (χ1) is 11.7. The summed E-state index contributed by atoms with van der Waals surface area (Å²) in [5, 5.41) is 0. The zero-order valence-corrected chi connectivity index (χ0v) is 15.9. The van der Waals surface area contributed by atoms with Crippen molar-refractivity contribution < 1.29 is 17.9 Å². The molecular weight excluding hydrogens is 336 g/mol.